The van der Waals surface area contributed by atoms with Gasteiger partial charge in [-0.2, -0.15) is 0 Å². The summed E-state index contributed by atoms with van der Waals surface area (Å²) in [6.45, 7) is 6.32. The van der Waals surface area contributed by atoms with E-state index >= 15 is 0 Å². The van der Waals surface area contributed by atoms with Crippen LogP contribution >= 0.6 is 0 Å². The van der Waals surface area contributed by atoms with Gasteiger partial charge in [0.05, 0.1) is 11.6 Å². The summed E-state index contributed by atoms with van der Waals surface area (Å²) < 4.78 is 7.46. The van der Waals surface area contributed by atoms with Crippen LogP contribution in [0.5, 0.6) is 0 Å². The Bertz CT molecular complexity index is 655. The smallest absolute Gasteiger partial charge is 0.256 e. The molecule has 0 aromatic carbocycles. The minimum Gasteiger partial charge on any atom is -0.374 e. The Morgan fingerprint density at radius 2 is 2.27 bits per heavy atom. The van der Waals surface area contributed by atoms with Crippen LogP contribution < -0.4 is 0 Å². The number of pyridine rings is 1. The van der Waals surface area contributed by atoms with Crippen LogP contribution in [0.1, 0.15) is 41.9 Å². The van der Waals surface area contributed by atoms with E-state index in [0.717, 1.165) is 11.6 Å². The molecule has 3 rings (SSSR count). The summed E-state index contributed by atoms with van der Waals surface area (Å²) in [6.07, 6.45) is 3.25. The number of aromatic nitrogens is 4. The van der Waals surface area contributed by atoms with Gasteiger partial charge in [-0.1, -0.05) is 0 Å². The lowest BCUT2D eigenvalue weighted by molar-refractivity contribution is 0.0629. The average molecular weight is 301 g/mol. The number of fused-ring (bicyclic) bond motifs is 1. The third-order valence-electron chi connectivity index (χ3n) is 3.87. The van der Waals surface area contributed by atoms with Crippen molar-refractivity contribution in [2.75, 3.05) is 13.2 Å². The Morgan fingerprint density at radius 1 is 1.41 bits per heavy atom. The number of carbonyl (C=O) groups excluding carboxylic acids is 1. The van der Waals surface area contributed by atoms with E-state index in [0.29, 0.717) is 31.9 Å². The molecule has 0 bridgehead atoms. The molecule has 0 spiro atoms. The second-order valence-corrected chi connectivity index (χ2v) is 5.18. The molecular weight excluding hydrogens is 282 g/mol. The summed E-state index contributed by atoms with van der Waals surface area (Å²) in [6, 6.07) is 3.43. The highest BCUT2D eigenvalue weighted by molar-refractivity contribution is 5.94. The number of rotatable bonds is 4. The molecule has 0 fully saturated rings. The molecule has 3 heterocycles. The predicted molar refractivity (Wildman–Crippen MR) is 79.0 cm³/mol. The van der Waals surface area contributed by atoms with Gasteiger partial charge in [0.1, 0.15) is 6.61 Å². The third-order valence-corrected chi connectivity index (χ3v) is 3.87. The largest absolute Gasteiger partial charge is 0.374 e. The molecule has 1 amide bonds. The predicted octanol–water partition coefficient (Wildman–Crippen LogP) is 1.43. The maximum atomic E-state index is 12.6. The fourth-order valence-electron chi connectivity index (χ4n) is 2.68. The van der Waals surface area contributed by atoms with E-state index in [9.17, 15) is 4.79 Å². The Labute approximate surface area is 128 Å². The molecule has 22 heavy (non-hydrogen) atoms. The van der Waals surface area contributed by atoms with Crippen molar-refractivity contribution >= 4 is 5.91 Å². The van der Waals surface area contributed by atoms with Crippen LogP contribution in [0, 0.1) is 0 Å². The van der Waals surface area contributed by atoms with Crippen molar-refractivity contribution in [1.82, 2.24) is 24.6 Å². The van der Waals surface area contributed by atoms with Crippen LogP contribution in [0.2, 0.25) is 0 Å². The van der Waals surface area contributed by atoms with E-state index in [1.54, 1.807) is 24.5 Å². The summed E-state index contributed by atoms with van der Waals surface area (Å²) >= 11 is 0. The Kier molecular flexibility index (Phi) is 4.15. The Hall–Kier alpha value is -2.28. The lowest BCUT2D eigenvalue weighted by atomic mass is 10.1. The van der Waals surface area contributed by atoms with Crippen molar-refractivity contribution in [3.8, 4) is 0 Å². The average Bonchev–Trinajstić information content (AvgIpc) is 2.97. The molecule has 0 aliphatic carbocycles. The van der Waals surface area contributed by atoms with Gasteiger partial charge in [-0.15, -0.1) is 10.2 Å². The zero-order chi connectivity index (χ0) is 15.5. The van der Waals surface area contributed by atoms with Gasteiger partial charge >= 0.3 is 0 Å². The molecule has 0 saturated heterocycles. The summed E-state index contributed by atoms with van der Waals surface area (Å²) in [5.41, 5.74) is 0.594. The first-order chi connectivity index (χ1) is 10.7. The van der Waals surface area contributed by atoms with Gasteiger partial charge in [0.25, 0.3) is 5.91 Å². The molecule has 0 saturated carbocycles. The fourth-order valence-corrected chi connectivity index (χ4v) is 2.68. The first-order valence-electron chi connectivity index (χ1n) is 7.43. The Morgan fingerprint density at radius 3 is 3.00 bits per heavy atom. The van der Waals surface area contributed by atoms with E-state index in [1.807, 2.05) is 23.3 Å². The normalized spacial score (nSPS) is 17.4. The zero-order valence-corrected chi connectivity index (χ0v) is 12.8. The molecule has 2 aromatic rings. The number of hydrogen-bond donors (Lipinski definition) is 0. The van der Waals surface area contributed by atoms with Crippen molar-refractivity contribution in [1.29, 1.82) is 0 Å². The molecule has 7 nitrogen and oxygen atoms in total. The molecule has 116 valence electrons. The van der Waals surface area contributed by atoms with Crippen molar-refractivity contribution in [3.63, 3.8) is 0 Å². The van der Waals surface area contributed by atoms with Gasteiger partial charge in [0.15, 0.2) is 11.6 Å². The molecule has 0 unspecified atom stereocenters. The topological polar surface area (TPSA) is 73.1 Å². The second-order valence-electron chi connectivity index (χ2n) is 5.18. The van der Waals surface area contributed by atoms with Crippen LogP contribution in [-0.4, -0.2) is 43.7 Å². The lowest BCUT2D eigenvalue weighted by Crippen LogP contribution is -2.41. The van der Waals surface area contributed by atoms with Crippen molar-refractivity contribution in [3.05, 3.63) is 41.7 Å². The van der Waals surface area contributed by atoms with E-state index in [4.69, 9.17) is 4.74 Å². The molecule has 0 N–H and O–H groups in total. The van der Waals surface area contributed by atoms with Gasteiger partial charge in [0.2, 0.25) is 0 Å². The van der Waals surface area contributed by atoms with Crippen LogP contribution in [0.15, 0.2) is 24.5 Å². The van der Waals surface area contributed by atoms with Gasteiger partial charge in [0, 0.05) is 32.1 Å². The number of nitrogens with zero attached hydrogens (tertiary/aromatic N) is 5. The van der Waals surface area contributed by atoms with Gasteiger partial charge < -0.3 is 14.2 Å². The van der Waals surface area contributed by atoms with Gasteiger partial charge in [-0.3, -0.25) is 9.78 Å². The maximum Gasteiger partial charge on any atom is 0.256 e. The molecule has 1 aliphatic heterocycles. The van der Waals surface area contributed by atoms with Crippen LogP contribution in [0.4, 0.5) is 0 Å². The number of carbonyl (C=O) groups is 1. The van der Waals surface area contributed by atoms with E-state index in [1.165, 1.54) is 0 Å². The van der Waals surface area contributed by atoms with E-state index in [2.05, 4.69) is 15.2 Å². The summed E-state index contributed by atoms with van der Waals surface area (Å²) in [7, 11) is 0. The summed E-state index contributed by atoms with van der Waals surface area (Å²) in [5, 5.41) is 8.43. The van der Waals surface area contributed by atoms with Crippen LogP contribution in [0.25, 0.3) is 0 Å². The summed E-state index contributed by atoms with van der Waals surface area (Å²) in [5.74, 6) is 1.59. The molecule has 2 aromatic heterocycles. The maximum absolute atomic E-state index is 12.6. The first kappa shape index (κ1) is 14.6. The highest BCUT2D eigenvalue weighted by Crippen LogP contribution is 2.26. The third kappa shape index (κ3) is 2.59. The summed E-state index contributed by atoms with van der Waals surface area (Å²) in [4.78, 5) is 18.4. The monoisotopic (exact) mass is 301 g/mol. The zero-order valence-electron chi connectivity index (χ0n) is 12.8. The van der Waals surface area contributed by atoms with Crippen LogP contribution in [0.3, 0.4) is 0 Å². The quantitative estimate of drug-likeness (QED) is 0.854. The van der Waals surface area contributed by atoms with Crippen molar-refractivity contribution in [2.45, 2.75) is 33.0 Å². The molecule has 7 heteroatoms. The number of ether oxygens (including phenoxy) is 1. The molecule has 1 aliphatic rings. The first-order valence-corrected chi connectivity index (χ1v) is 7.43. The van der Waals surface area contributed by atoms with Gasteiger partial charge in [-0.25, -0.2) is 0 Å². The SMILES string of the molecule is CCOCc1nnc2n1CCN(C(=O)c1cccnc1)[C@H]2C. The van der Waals surface area contributed by atoms with E-state index < -0.39 is 0 Å². The molecular formula is C15H19N5O2. The highest BCUT2D eigenvalue weighted by atomic mass is 16.5. The fraction of sp³-hybridized carbons (Fsp3) is 0.467. The van der Waals surface area contributed by atoms with Crippen molar-refractivity contribution in [2.24, 2.45) is 0 Å². The molecule has 1 atom stereocenters. The molecule has 0 radical (unpaired) electrons. The number of hydrogen-bond acceptors (Lipinski definition) is 5. The van der Waals surface area contributed by atoms with Crippen molar-refractivity contribution < 1.29 is 9.53 Å². The van der Waals surface area contributed by atoms with E-state index in [-0.39, 0.29) is 11.9 Å². The lowest BCUT2D eigenvalue weighted by Gasteiger charge is -2.33. The minimum atomic E-state index is -0.121. The van der Waals surface area contributed by atoms with Gasteiger partial charge in [-0.05, 0) is 26.0 Å². The minimum absolute atomic E-state index is 0.0267. The van der Waals surface area contributed by atoms with Crippen LogP contribution in [-0.2, 0) is 17.9 Å². The standard InChI is InChI=1S/C15H19N5O2/c1-3-22-10-13-17-18-14-11(2)19(7-8-20(13)14)15(21)12-5-4-6-16-9-12/h4-6,9,11H,3,7-8,10H2,1-2H3/t11-/m0/s1. The second kappa shape index (κ2) is 6.23. The Balaban J connectivity index is 1.81. The number of amides is 1. The highest BCUT2D eigenvalue weighted by Gasteiger charge is 2.31.